The van der Waals surface area contributed by atoms with Crippen LogP contribution in [-0.2, 0) is 22.6 Å². The van der Waals surface area contributed by atoms with Crippen molar-refractivity contribution in [3.05, 3.63) is 52.9 Å². The number of fused-ring (bicyclic) bond motifs is 1. The second-order valence-corrected chi connectivity index (χ2v) is 9.99. The first-order valence-corrected chi connectivity index (χ1v) is 12.9. The molecule has 1 aromatic carbocycles. The normalized spacial score (nSPS) is 18.7. The number of likely N-dealkylation sites (tertiary alicyclic amines) is 1. The van der Waals surface area contributed by atoms with Gasteiger partial charge in [0.15, 0.2) is 0 Å². The molecule has 0 bridgehead atoms. The van der Waals surface area contributed by atoms with E-state index in [0.29, 0.717) is 19.0 Å². The lowest BCUT2D eigenvalue weighted by molar-refractivity contribution is -0.129. The minimum absolute atomic E-state index is 0.0196. The van der Waals surface area contributed by atoms with E-state index in [9.17, 15) is 14.0 Å². The van der Waals surface area contributed by atoms with Gasteiger partial charge in [-0.25, -0.2) is 9.37 Å². The van der Waals surface area contributed by atoms with E-state index in [2.05, 4.69) is 28.6 Å². The van der Waals surface area contributed by atoms with Crippen LogP contribution in [0.4, 0.5) is 4.39 Å². The standard InChI is InChI=1S/C27H38FN5O2/c1-5-27(35)30-24(21-7-6-8-22(28)16-21)15-18(2)31-12-9-23(10-13-31)33-19(3)29-25-17-32(20(4)34)14-11-26(25)33/h6-8,16,18,23-24H,5,9-15,17H2,1-4H3,(H,30,35)/t18?,24-/m0/s1. The number of nitrogens with one attached hydrogen (secondary N) is 1. The van der Waals surface area contributed by atoms with Crippen LogP contribution in [0.15, 0.2) is 24.3 Å². The van der Waals surface area contributed by atoms with Crippen LogP contribution >= 0.6 is 0 Å². The molecule has 1 fully saturated rings. The van der Waals surface area contributed by atoms with Gasteiger partial charge >= 0.3 is 0 Å². The maximum Gasteiger partial charge on any atom is 0.220 e. The molecule has 0 radical (unpaired) electrons. The Labute approximate surface area is 207 Å². The molecule has 1 N–H and O–H groups in total. The van der Waals surface area contributed by atoms with E-state index in [1.54, 1.807) is 13.0 Å². The zero-order valence-corrected chi connectivity index (χ0v) is 21.4. The quantitative estimate of drug-likeness (QED) is 0.648. The molecule has 2 atom stereocenters. The lowest BCUT2D eigenvalue weighted by Crippen LogP contribution is -2.43. The molecule has 1 saturated heterocycles. The third kappa shape index (κ3) is 5.74. The second-order valence-electron chi connectivity index (χ2n) is 9.99. The van der Waals surface area contributed by atoms with Crippen molar-refractivity contribution < 1.29 is 14.0 Å². The molecule has 0 saturated carbocycles. The molecule has 3 heterocycles. The molecule has 0 spiro atoms. The first kappa shape index (κ1) is 25.4. The number of aromatic nitrogens is 2. The lowest BCUT2D eigenvalue weighted by Gasteiger charge is -2.39. The molecule has 35 heavy (non-hydrogen) atoms. The van der Waals surface area contributed by atoms with Gasteiger partial charge < -0.3 is 19.7 Å². The molecule has 2 aliphatic rings. The molecule has 8 heteroatoms. The van der Waals surface area contributed by atoms with E-state index >= 15 is 0 Å². The summed E-state index contributed by atoms with van der Waals surface area (Å²) in [5.74, 6) is 0.850. The number of nitrogens with zero attached hydrogens (tertiary/aromatic N) is 4. The van der Waals surface area contributed by atoms with E-state index in [4.69, 9.17) is 4.98 Å². The summed E-state index contributed by atoms with van der Waals surface area (Å²) in [4.78, 5) is 33.1. The number of benzene rings is 1. The van der Waals surface area contributed by atoms with Gasteiger partial charge in [0.2, 0.25) is 11.8 Å². The fourth-order valence-electron chi connectivity index (χ4n) is 5.67. The number of hydrogen-bond acceptors (Lipinski definition) is 4. The van der Waals surface area contributed by atoms with Crippen molar-refractivity contribution in [1.29, 1.82) is 0 Å². The number of carbonyl (C=O) groups excluding carboxylic acids is 2. The van der Waals surface area contributed by atoms with Crippen molar-refractivity contribution in [1.82, 2.24) is 24.7 Å². The van der Waals surface area contributed by atoms with Crippen molar-refractivity contribution in [3.63, 3.8) is 0 Å². The van der Waals surface area contributed by atoms with Crippen LogP contribution in [0.25, 0.3) is 0 Å². The monoisotopic (exact) mass is 483 g/mol. The highest BCUT2D eigenvalue weighted by Crippen LogP contribution is 2.32. The number of piperidine rings is 1. The molecule has 0 aliphatic carbocycles. The Morgan fingerprint density at radius 2 is 1.97 bits per heavy atom. The van der Waals surface area contributed by atoms with Crippen LogP contribution < -0.4 is 5.32 Å². The highest BCUT2D eigenvalue weighted by Gasteiger charge is 2.31. The number of aryl methyl sites for hydroxylation is 1. The van der Waals surface area contributed by atoms with E-state index in [1.807, 2.05) is 17.9 Å². The second kappa shape index (κ2) is 10.9. The minimum Gasteiger partial charge on any atom is -0.349 e. The highest BCUT2D eigenvalue weighted by molar-refractivity contribution is 5.76. The van der Waals surface area contributed by atoms with Gasteiger partial charge in [0.25, 0.3) is 0 Å². The van der Waals surface area contributed by atoms with Crippen molar-refractivity contribution in [2.24, 2.45) is 0 Å². The van der Waals surface area contributed by atoms with Gasteiger partial charge in [-0.1, -0.05) is 19.1 Å². The Balaban J connectivity index is 1.40. The minimum atomic E-state index is -0.280. The fraction of sp³-hybridized carbons (Fsp3) is 0.593. The summed E-state index contributed by atoms with van der Waals surface area (Å²) in [5, 5.41) is 3.09. The summed E-state index contributed by atoms with van der Waals surface area (Å²) in [6.45, 7) is 11.0. The molecule has 2 aromatic rings. The first-order valence-electron chi connectivity index (χ1n) is 12.9. The molecule has 4 rings (SSSR count). The van der Waals surface area contributed by atoms with Crippen LogP contribution in [0.5, 0.6) is 0 Å². The maximum absolute atomic E-state index is 13.9. The van der Waals surface area contributed by atoms with E-state index in [-0.39, 0.29) is 29.7 Å². The number of amides is 2. The highest BCUT2D eigenvalue weighted by atomic mass is 19.1. The van der Waals surface area contributed by atoms with Crippen LogP contribution in [-0.4, -0.2) is 56.8 Å². The van der Waals surface area contributed by atoms with Gasteiger partial charge in [-0.2, -0.15) is 0 Å². The van der Waals surface area contributed by atoms with Crippen LogP contribution in [0.2, 0.25) is 0 Å². The average Bonchev–Trinajstić information content (AvgIpc) is 3.18. The number of hydrogen-bond donors (Lipinski definition) is 1. The SMILES string of the molecule is CCC(=O)N[C@@H](CC(C)N1CCC(n2c(C)nc3c2CCN(C(C)=O)C3)CC1)c1cccc(F)c1. The zero-order valence-electron chi connectivity index (χ0n) is 21.4. The molecule has 7 nitrogen and oxygen atoms in total. The van der Waals surface area contributed by atoms with E-state index in [0.717, 1.165) is 62.4 Å². The third-order valence-corrected chi connectivity index (χ3v) is 7.65. The summed E-state index contributed by atoms with van der Waals surface area (Å²) in [6, 6.07) is 7.01. The average molecular weight is 484 g/mol. The molecule has 2 amide bonds. The van der Waals surface area contributed by atoms with Gasteiger partial charge in [-0.15, -0.1) is 0 Å². The Kier molecular flexibility index (Phi) is 7.89. The molecule has 2 aliphatic heterocycles. The van der Waals surface area contributed by atoms with Gasteiger partial charge in [0.1, 0.15) is 11.6 Å². The molecular weight excluding hydrogens is 445 g/mol. The summed E-state index contributed by atoms with van der Waals surface area (Å²) >= 11 is 0. The molecule has 190 valence electrons. The Hall–Kier alpha value is -2.74. The summed E-state index contributed by atoms with van der Waals surface area (Å²) in [6.07, 6.45) is 4.08. The van der Waals surface area contributed by atoms with Gasteiger partial charge in [-0.3, -0.25) is 9.59 Å². The van der Waals surface area contributed by atoms with Gasteiger partial charge in [-0.05, 0) is 50.8 Å². The van der Waals surface area contributed by atoms with E-state index < -0.39 is 0 Å². The third-order valence-electron chi connectivity index (χ3n) is 7.65. The summed E-state index contributed by atoms with van der Waals surface area (Å²) < 4.78 is 16.3. The largest absolute Gasteiger partial charge is 0.349 e. The summed E-state index contributed by atoms with van der Waals surface area (Å²) in [7, 11) is 0. The lowest BCUT2D eigenvalue weighted by atomic mass is 9.96. The number of rotatable bonds is 7. The number of carbonyl (C=O) groups is 2. The topological polar surface area (TPSA) is 70.5 Å². The predicted octanol–water partition coefficient (Wildman–Crippen LogP) is 3.92. The zero-order chi connectivity index (χ0) is 25.1. The van der Waals surface area contributed by atoms with Crippen molar-refractivity contribution in [2.45, 2.75) is 84.5 Å². The van der Waals surface area contributed by atoms with Crippen LogP contribution in [0, 0.1) is 12.7 Å². The van der Waals surface area contributed by atoms with Gasteiger partial charge in [0.05, 0.1) is 18.3 Å². The van der Waals surface area contributed by atoms with E-state index in [1.165, 1.54) is 17.8 Å². The molecule has 1 aromatic heterocycles. The van der Waals surface area contributed by atoms with Crippen LogP contribution in [0.1, 0.15) is 81.3 Å². The Morgan fingerprint density at radius 3 is 2.63 bits per heavy atom. The molecular formula is C27H38FN5O2. The smallest absolute Gasteiger partial charge is 0.220 e. The van der Waals surface area contributed by atoms with Crippen LogP contribution in [0.3, 0.4) is 0 Å². The fourth-order valence-corrected chi connectivity index (χ4v) is 5.67. The molecule has 1 unspecified atom stereocenters. The van der Waals surface area contributed by atoms with Crippen molar-refractivity contribution in [3.8, 4) is 0 Å². The number of imidazole rings is 1. The van der Waals surface area contributed by atoms with Crippen molar-refractivity contribution >= 4 is 11.8 Å². The van der Waals surface area contributed by atoms with Crippen molar-refractivity contribution in [2.75, 3.05) is 19.6 Å². The summed E-state index contributed by atoms with van der Waals surface area (Å²) in [5.41, 5.74) is 3.15. The Bertz CT molecular complexity index is 1060. The van der Waals surface area contributed by atoms with Gasteiger partial charge in [0, 0.05) is 57.2 Å². The Morgan fingerprint density at radius 1 is 1.23 bits per heavy atom. The number of halogens is 1. The maximum atomic E-state index is 13.9. The first-order chi connectivity index (χ1) is 16.8. The predicted molar refractivity (Wildman–Crippen MR) is 133 cm³/mol.